The lowest BCUT2D eigenvalue weighted by Gasteiger charge is -2.20. The smallest absolute Gasteiger partial charge is 0.151 e. The minimum atomic E-state index is 0.826. The molecule has 78 valence electrons. The van der Waals surface area contributed by atoms with E-state index in [0.717, 1.165) is 30.6 Å². The molecule has 0 spiro atoms. The fourth-order valence-electron chi connectivity index (χ4n) is 2.23. The molecule has 0 aromatic carbocycles. The molecule has 2 rings (SSSR count). The molecule has 4 nitrogen and oxygen atoms in total. The SMILES string of the molecule is CCC(C)C1CCc2nnnn2CC1. The van der Waals surface area contributed by atoms with Gasteiger partial charge in [0.1, 0.15) is 0 Å². The van der Waals surface area contributed by atoms with Crippen molar-refractivity contribution in [2.24, 2.45) is 11.8 Å². The van der Waals surface area contributed by atoms with E-state index in [1.54, 1.807) is 0 Å². The second-order valence-electron chi connectivity index (χ2n) is 4.29. The first-order valence-corrected chi connectivity index (χ1v) is 5.56. The highest BCUT2D eigenvalue weighted by Crippen LogP contribution is 2.26. The summed E-state index contributed by atoms with van der Waals surface area (Å²) >= 11 is 0. The van der Waals surface area contributed by atoms with Crippen molar-refractivity contribution in [2.45, 2.75) is 46.1 Å². The highest BCUT2D eigenvalue weighted by Gasteiger charge is 2.21. The van der Waals surface area contributed by atoms with Crippen LogP contribution >= 0.6 is 0 Å². The lowest BCUT2D eigenvalue weighted by Crippen LogP contribution is -2.12. The zero-order chi connectivity index (χ0) is 9.97. The van der Waals surface area contributed by atoms with Crippen molar-refractivity contribution in [3.05, 3.63) is 5.82 Å². The van der Waals surface area contributed by atoms with E-state index in [1.807, 2.05) is 4.68 Å². The predicted octanol–water partition coefficient (Wildman–Crippen LogP) is 1.67. The largest absolute Gasteiger partial charge is 0.230 e. The molecule has 0 N–H and O–H groups in total. The quantitative estimate of drug-likeness (QED) is 0.719. The molecule has 0 aliphatic carbocycles. The Labute approximate surface area is 84.7 Å². The third-order valence-corrected chi connectivity index (χ3v) is 3.51. The van der Waals surface area contributed by atoms with Crippen molar-refractivity contribution in [1.82, 2.24) is 20.2 Å². The first-order valence-electron chi connectivity index (χ1n) is 5.56. The van der Waals surface area contributed by atoms with Crippen LogP contribution in [0.5, 0.6) is 0 Å². The fraction of sp³-hybridized carbons (Fsp3) is 0.900. The molecule has 14 heavy (non-hydrogen) atoms. The topological polar surface area (TPSA) is 43.6 Å². The molecule has 0 bridgehead atoms. The minimum Gasteiger partial charge on any atom is -0.230 e. The first kappa shape index (κ1) is 9.62. The molecule has 1 aliphatic rings. The van der Waals surface area contributed by atoms with E-state index in [9.17, 15) is 0 Å². The zero-order valence-electron chi connectivity index (χ0n) is 8.98. The Balaban J connectivity index is 2.02. The number of tetrazole rings is 1. The van der Waals surface area contributed by atoms with Gasteiger partial charge >= 0.3 is 0 Å². The Bertz CT molecular complexity index is 272. The highest BCUT2D eigenvalue weighted by atomic mass is 15.5. The van der Waals surface area contributed by atoms with Gasteiger partial charge in [-0.2, -0.15) is 0 Å². The van der Waals surface area contributed by atoms with Crippen molar-refractivity contribution in [3.63, 3.8) is 0 Å². The van der Waals surface area contributed by atoms with Crippen molar-refractivity contribution in [3.8, 4) is 0 Å². The summed E-state index contributed by atoms with van der Waals surface area (Å²) in [5, 5.41) is 11.7. The maximum Gasteiger partial charge on any atom is 0.151 e. The number of aromatic nitrogens is 4. The maximum atomic E-state index is 4.04. The molecule has 0 saturated carbocycles. The van der Waals surface area contributed by atoms with Crippen LogP contribution in [0.4, 0.5) is 0 Å². The molecule has 2 heterocycles. The van der Waals surface area contributed by atoms with Crippen LogP contribution in [0.15, 0.2) is 0 Å². The summed E-state index contributed by atoms with van der Waals surface area (Å²) < 4.78 is 1.96. The molecule has 1 aromatic rings. The van der Waals surface area contributed by atoms with Crippen LogP contribution < -0.4 is 0 Å². The van der Waals surface area contributed by atoms with Gasteiger partial charge in [-0.1, -0.05) is 20.3 Å². The summed E-state index contributed by atoms with van der Waals surface area (Å²) in [7, 11) is 0. The van der Waals surface area contributed by atoms with Crippen molar-refractivity contribution in [1.29, 1.82) is 0 Å². The Morgan fingerprint density at radius 1 is 1.50 bits per heavy atom. The maximum absolute atomic E-state index is 4.04. The van der Waals surface area contributed by atoms with Gasteiger partial charge in [-0.25, -0.2) is 4.68 Å². The van der Waals surface area contributed by atoms with Gasteiger partial charge in [-0.05, 0) is 35.1 Å². The highest BCUT2D eigenvalue weighted by molar-refractivity contribution is 4.86. The molecule has 4 heteroatoms. The van der Waals surface area contributed by atoms with Gasteiger partial charge in [-0.15, -0.1) is 5.10 Å². The van der Waals surface area contributed by atoms with Crippen LogP contribution in [-0.2, 0) is 13.0 Å². The second kappa shape index (κ2) is 4.07. The molecule has 0 saturated heterocycles. The van der Waals surface area contributed by atoms with Crippen LogP contribution in [0.2, 0.25) is 0 Å². The van der Waals surface area contributed by atoms with Crippen LogP contribution in [0.25, 0.3) is 0 Å². The molecule has 2 unspecified atom stereocenters. The number of hydrogen-bond donors (Lipinski definition) is 0. The molecular weight excluding hydrogens is 176 g/mol. The van der Waals surface area contributed by atoms with Gasteiger partial charge in [-0.3, -0.25) is 0 Å². The summed E-state index contributed by atoms with van der Waals surface area (Å²) in [6.07, 6.45) is 4.79. The zero-order valence-corrected chi connectivity index (χ0v) is 8.98. The fourth-order valence-corrected chi connectivity index (χ4v) is 2.23. The van der Waals surface area contributed by atoms with Crippen LogP contribution in [0.1, 0.15) is 38.9 Å². The Morgan fingerprint density at radius 3 is 3.14 bits per heavy atom. The lowest BCUT2D eigenvalue weighted by atomic mass is 9.86. The number of hydrogen-bond acceptors (Lipinski definition) is 3. The molecule has 0 amide bonds. The predicted molar refractivity (Wildman–Crippen MR) is 53.7 cm³/mol. The van der Waals surface area contributed by atoms with Crippen molar-refractivity contribution in [2.75, 3.05) is 0 Å². The van der Waals surface area contributed by atoms with Crippen molar-refractivity contribution >= 4 is 0 Å². The summed E-state index contributed by atoms with van der Waals surface area (Å²) in [5.74, 6) is 2.73. The summed E-state index contributed by atoms with van der Waals surface area (Å²) in [4.78, 5) is 0. The van der Waals surface area contributed by atoms with Crippen LogP contribution in [-0.4, -0.2) is 20.2 Å². The third-order valence-electron chi connectivity index (χ3n) is 3.51. The monoisotopic (exact) mass is 194 g/mol. The average Bonchev–Trinajstić information content (AvgIpc) is 2.56. The summed E-state index contributed by atoms with van der Waals surface area (Å²) in [5.41, 5.74) is 0. The van der Waals surface area contributed by atoms with Gasteiger partial charge in [0.15, 0.2) is 5.82 Å². The third kappa shape index (κ3) is 1.79. The number of nitrogens with zero attached hydrogens (tertiary/aromatic N) is 4. The Kier molecular flexibility index (Phi) is 2.79. The number of aryl methyl sites for hydroxylation is 2. The van der Waals surface area contributed by atoms with Crippen molar-refractivity contribution < 1.29 is 0 Å². The average molecular weight is 194 g/mol. The van der Waals surface area contributed by atoms with E-state index in [2.05, 4.69) is 29.4 Å². The van der Waals surface area contributed by atoms with E-state index in [4.69, 9.17) is 0 Å². The first-order chi connectivity index (χ1) is 6.81. The lowest BCUT2D eigenvalue weighted by molar-refractivity contribution is 0.302. The number of fused-ring (bicyclic) bond motifs is 1. The Morgan fingerprint density at radius 2 is 2.36 bits per heavy atom. The molecular formula is C10H18N4. The van der Waals surface area contributed by atoms with Gasteiger partial charge in [0.25, 0.3) is 0 Å². The minimum absolute atomic E-state index is 0.826. The standard InChI is InChI=1S/C10H18N4/c1-3-8(2)9-4-5-10-11-12-13-14(10)7-6-9/h8-9H,3-7H2,1-2H3. The van der Waals surface area contributed by atoms with E-state index in [1.165, 1.54) is 19.3 Å². The molecule has 2 atom stereocenters. The van der Waals surface area contributed by atoms with Crippen LogP contribution in [0.3, 0.4) is 0 Å². The van der Waals surface area contributed by atoms with E-state index in [0.29, 0.717) is 0 Å². The van der Waals surface area contributed by atoms with E-state index in [-0.39, 0.29) is 0 Å². The van der Waals surface area contributed by atoms with E-state index < -0.39 is 0 Å². The van der Waals surface area contributed by atoms with Gasteiger partial charge < -0.3 is 0 Å². The second-order valence-corrected chi connectivity index (χ2v) is 4.29. The van der Waals surface area contributed by atoms with E-state index >= 15 is 0 Å². The summed E-state index contributed by atoms with van der Waals surface area (Å²) in [6, 6.07) is 0. The molecule has 0 radical (unpaired) electrons. The molecule has 1 aromatic heterocycles. The van der Waals surface area contributed by atoms with Crippen LogP contribution in [0, 0.1) is 11.8 Å². The molecule has 0 fully saturated rings. The summed E-state index contributed by atoms with van der Waals surface area (Å²) in [6.45, 7) is 5.62. The molecule has 1 aliphatic heterocycles. The van der Waals surface area contributed by atoms with Gasteiger partial charge in [0, 0.05) is 13.0 Å². The Hall–Kier alpha value is -0.930. The number of rotatable bonds is 2. The normalized spacial score (nSPS) is 24.0. The van der Waals surface area contributed by atoms with Gasteiger partial charge in [0.05, 0.1) is 0 Å². The van der Waals surface area contributed by atoms with Gasteiger partial charge in [0.2, 0.25) is 0 Å².